The first-order valence-electron chi connectivity index (χ1n) is 51.2. The van der Waals surface area contributed by atoms with Gasteiger partial charge in [-0.25, -0.2) is 0 Å². The Morgan fingerprint density at radius 2 is 0.581 bits per heavy atom. The van der Waals surface area contributed by atoms with Crippen molar-refractivity contribution in [1.29, 1.82) is 0 Å². The van der Waals surface area contributed by atoms with Crippen molar-refractivity contribution in [3.05, 3.63) is 35.7 Å². The van der Waals surface area contributed by atoms with Crippen molar-refractivity contribution in [2.45, 2.75) is 570 Å². The van der Waals surface area contributed by atoms with Crippen molar-refractivity contribution in [2.75, 3.05) is 26.2 Å². The minimum absolute atomic E-state index is 0.0203. The molecule has 0 bridgehead atoms. The molecule has 12 heterocycles. The summed E-state index contributed by atoms with van der Waals surface area (Å²) in [6.45, 7) is 89.1. The van der Waals surface area contributed by atoms with Gasteiger partial charge in [-0.2, -0.15) is 0 Å². The molecule has 27 nitrogen and oxygen atoms in total. The van der Waals surface area contributed by atoms with Gasteiger partial charge in [-0.15, -0.1) is 0 Å². The third-order valence-corrected chi connectivity index (χ3v) is 29.9. The van der Waals surface area contributed by atoms with Crippen LogP contribution in [0.4, 0.5) is 0 Å². The Balaban J connectivity index is 0.762. The molecule has 9 fully saturated rings. The van der Waals surface area contributed by atoms with E-state index in [2.05, 4.69) is 362 Å². The van der Waals surface area contributed by atoms with Crippen LogP contribution in [0.25, 0.3) is 0 Å². The highest BCUT2D eigenvalue weighted by molar-refractivity contribution is 5.94. The van der Waals surface area contributed by atoms with Gasteiger partial charge in [0.2, 0.25) is 0 Å². The third kappa shape index (κ3) is 28.5. The number of hydrogen-bond donors (Lipinski definition) is 14. The lowest BCUT2D eigenvalue weighted by Gasteiger charge is -2.62. The van der Waals surface area contributed by atoms with Gasteiger partial charge in [-0.3, -0.25) is 76.7 Å². The van der Waals surface area contributed by atoms with E-state index < -0.39 is 0 Å². The number of likely N-dealkylation sites (tertiary alicyclic amines) is 3. The fraction of sp³-hybridized carbons (Fsp3) is 0.912. The Morgan fingerprint density at radius 3 is 0.930 bits per heavy atom. The summed E-state index contributed by atoms with van der Waals surface area (Å²) >= 11 is 0. The standard InChI is InChI=1S/C102H194N24O3/c1-85(2)58-73(59-86(3,4)114-85)121-97(25,26)52-70(53-98(121,27)28)105-81-49-79(108-124(110-81)127-76-64-91(13,14)117-92(15,16)65-76)103-45-41-37-39-43-47-120(84-51-83(112-126(113-84)129-78-68-95(21,22)119-96(23,24)69-78)107-72-56-101(33,34)123(102(35,36)57-72)75-62-89(9,10)116-90(11,12)63-75)48-44-40-38-42-46-104-80-50-82(111-125(109-80)128-77-66-93(17,18)118-94(19,20)67-77)106-71-54-99(29,30)122(100(31,32)55-71)74-60-87(5,6)115-88(7,8)61-74/h49-51,70-78,103,106,108,111,113-119H,37-48,52-69H2,1-36H3,(H,104,109)(H,105,110)(H,107,112). The summed E-state index contributed by atoms with van der Waals surface area (Å²) in [7, 11) is 0. The molecule has 0 aromatic carbocycles. The quantitative estimate of drug-likeness (QED) is 0.0311. The number of nitrogens with one attached hydrogen (secondary N) is 14. The number of amidine groups is 3. The molecular weight excluding hydrogens is 1610 g/mol. The molecule has 27 heteroatoms. The second-order valence-electron chi connectivity index (χ2n) is 54.5. The molecule has 0 atom stereocenters. The lowest BCUT2D eigenvalue weighted by molar-refractivity contribution is -0.262. The Kier molecular flexibility index (Phi) is 30.3. The molecule has 0 aliphatic carbocycles. The van der Waals surface area contributed by atoms with E-state index in [1.807, 2.05) is 5.28 Å². The van der Waals surface area contributed by atoms with Crippen LogP contribution in [0.3, 0.4) is 0 Å². The minimum Gasteiger partial charge on any atom is -0.371 e. The lowest BCUT2D eigenvalue weighted by Crippen LogP contribution is -2.71. The van der Waals surface area contributed by atoms with Gasteiger partial charge in [0, 0.05) is 168 Å². The molecule has 0 unspecified atom stereocenters. The predicted molar refractivity (Wildman–Crippen MR) is 534 cm³/mol. The van der Waals surface area contributed by atoms with Gasteiger partial charge in [0.25, 0.3) is 0 Å². The molecule has 0 spiro atoms. The van der Waals surface area contributed by atoms with Gasteiger partial charge in [-0.1, -0.05) is 25.7 Å². The van der Waals surface area contributed by atoms with Crippen molar-refractivity contribution >= 4 is 17.5 Å². The van der Waals surface area contributed by atoms with E-state index >= 15 is 0 Å². The molecule has 0 amide bonds. The zero-order chi connectivity index (χ0) is 95.2. The van der Waals surface area contributed by atoms with Crippen molar-refractivity contribution in [3.63, 3.8) is 0 Å². The lowest BCUT2D eigenvalue weighted by atomic mass is 9.71. The summed E-state index contributed by atoms with van der Waals surface area (Å²) in [5.41, 5.74) is 21.3. The maximum atomic E-state index is 7.19. The van der Waals surface area contributed by atoms with Crippen LogP contribution in [-0.2, 0) is 14.5 Å². The molecule has 129 heavy (non-hydrogen) atoms. The van der Waals surface area contributed by atoms with E-state index in [4.69, 9.17) is 29.5 Å². The van der Waals surface area contributed by atoms with Gasteiger partial charge in [0.1, 0.15) is 35.0 Å². The third-order valence-electron chi connectivity index (χ3n) is 29.9. The highest BCUT2D eigenvalue weighted by Crippen LogP contribution is 2.50. The van der Waals surface area contributed by atoms with E-state index in [0.717, 1.165) is 222 Å². The summed E-state index contributed by atoms with van der Waals surface area (Å²) in [5, 5.41) is 36.8. The largest absolute Gasteiger partial charge is 0.371 e. The molecular formula is C102H194N24O3. The summed E-state index contributed by atoms with van der Waals surface area (Å²) < 4.78 is 0. The van der Waals surface area contributed by atoms with E-state index in [9.17, 15) is 0 Å². The first-order chi connectivity index (χ1) is 58.9. The molecule has 0 radical (unpaired) electrons. The topological polar surface area (TPSA) is 256 Å². The van der Waals surface area contributed by atoms with E-state index in [0.29, 0.717) is 24.7 Å². The molecule has 12 aliphatic heterocycles. The molecule has 14 N–H and O–H groups in total. The van der Waals surface area contributed by atoms with E-state index in [1.54, 1.807) is 10.6 Å². The smallest absolute Gasteiger partial charge is 0.142 e. The first kappa shape index (κ1) is 104. The number of hydrazine groups is 6. The number of aliphatic imine (C=N–C) groups is 3. The average Bonchev–Trinajstić information content (AvgIpc) is 0.745. The predicted octanol–water partition coefficient (Wildman–Crippen LogP) is 16.0. The van der Waals surface area contributed by atoms with Crippen LogP contribution in [0, 0.1) is 0 Å². The van der Waals surface area contributed by atoms with Crippen molar-refractivity contribution in [2.24, 2.45) is 15.0 Å². The zero-order valence-electron chi connectivity index (χ0n) is 88.8. The number of unbranched alkanes of at least 4 members (excludes halogenated alkanes) is 6. The number of piperidine rings is 9. The SMILES string of the molecule is CC1(C)CC(ON2NC(NCCCCCCN(CCCCCCN=C3C=C(NC4CC(C)(C)N(C5CC(C)(C)NC(C)(C)C5)C(C)(C)C4)NN(OC4CC(C)(C)NC(C)(C)C4)N3)C3=CC(=NC4CC(C)(C)N(C5CC(C)(C)NC(C)(C)C5)C(C)(C)C4)NN(OC4CC(C)(C)NC(C)(C)C4)N3)=CC(=NC3CC(C)(C)N(C4CC(C)(C)NC(C)(C)C4)C(C)(C)C3)N2)CC(C)(C)N1. The maximum Gasteiger partial charge on any atom is 0.142 e. The Labute approximate surface area is 785 Å². The summed E-state index contributed by atoms with van der Waals surface area (Å²) in [4.78, 5) is 49.2. The van der Waals surface area contributed by atoms with Crippen molar-refractivity contribution in [1.82, 2.24) is 111 Å². The molecule has 12 rings (SSSR count). The summed E-state index contributed by atoms with van der Waals surface area (Å²) in [6.07, 6.45) is 32.6. The Bertz CT molecular complexity index is 3850. The van der Waals surface area contributed by atoms with E-state index in [-0.39, 0.29) is 136 Å². The number of nitrogens with zero attached hydrogens (tertiary/aromatic N) is 10. The monoisotopic (exact) mass is 1800 g/mol. The second kappa shape index (κ2) is 37.6. The molecule has 0 aromatic heterocycles. The van der Waals surface area contributed by atoms with Gasteiger partial charge in [-0.05, 0) is 406 Å². The van der Waals surface area contributed by atoms with Gasteiger partial charge < -0.3 is 47.4 Å². The normalized spacial score (nSPS) is 30.6. The molecule has 9 saturated heterocycles. The van der Waals surface area contributed by atoms with Gasteiger partial charge >= 0.3 is 0 Å². The highest BCUT2D eigenvalue weighted by atomic mass is 16.8. The van der Waals surface area contributed by atoms with Gasteiger partial charge in [0.05, 0.1) is 30.4 Å². The van der Waals surface area contributed by atoms with Crippen LogP contribution >= 0.6 is 0 Å². The van der Waals surface area contributed by atoms with Crippen LogP contribution in [-0.4, -0.2) is 233 Å². The zero-order valence-corrected chi connectivity index (χ0v) is 88.8. The summed E-state index contributed by atoms with van der Waals surface area (Å²) in [5.74, 6) is 5.27. The molecule has 12 aliphatic rings. The Hall–Kier alpha value is -4.17. The second-order valence-corrected chi connectivity index (χ2v) is 54.5. The molecule has 0 aromatic rings. The fourth-order valence-corrected chi connectivity index (χ4v) is 29.7. The fourth-order valence-electron chi connectivity index (χ4n) is 29.7. The highest BCUT2D eigenvalue weighted by Gasteiger charge is 2.57. The van der Waals surface area contributed by atoms with E-state index in [1.165, 1.54) is 0 Å². The summed E-state index contributed by atoms with van der Waals surface area (Å²) in [6, 6.07) is 1.80. The average molecular weight is 1800 g/mol. The molecule has 0 saturated carbocycles. The number of rotatable bonds is 29. The minimum atomic E-state index is -0.117. The van der Waals surface area contributed by atoms with Gasteiger partial charge in [0.15, 0.2) is 0 Å². The van der Waals surface area contributed by atoms with Crippen molar-refractivity contribution < 1.29 is 14.5 Å². The van der Waals surface area contributed by atoms with Crippen LogP contribution in [0.2, 0.25) is 0 Å². The van der Waals surface area contributed by atoms with Crippen LogP contribution in [0.5, 0.6) is 0 Å². The van der Waals surface area contributed by atoms with Crippen LogP contribution in [0.15, 0.2) is 50.7 Å². The van der Waals surface area contributed by atoms with Crippen molar-refractivity contribution in [3.8, 4) is 0 Å². The number of hydrogen-bond acceptors (Lipinski definition) is 24. The molecule has 740 valence electrons. The maximum absolute atomic E-state index is 7.19. The Morgan fingerprint density at radius 1 is 0.302 bits per heavy atom. The van der Waals surface area contributed by atoms with Crippen LogP contribution < -0.4 is 75.1 Å². The van der Waals surface area contributed by atoms with Crippen LogP contribution in [0.1, 0.15) is 416 Å². The first-order valence-corrected chi connectivity index (χ1v) is 51.2.